The van der Waals surface area contributed by atoms with E-state index in [0.717, 1.165) is 10.6 Å². The van der Waals surface area contributed by atoms with E-state index in [9.17, 15) is 8.42 Å². The predicted octanol–water partition coefficient (Wildman–Crippen LogP) is 0.110. The van der Waals surface area contributed by atoms with Gasteiger partial charge in [0, 0.05) is 5.69 Å². The number of hydrogen-bond donors (Lipinski definition) is 3. The topological polar surface area (TPSA) is 113 Å². The fraction of sp³-hybridized carbons (Fsp3) is 0.333. The number of rotatable bonds is 5. The Hall–Kier alpha value is -1.35. The number of nitrogens with zero attached hydrogens (tertiary/aromatic N) is 1. The van der Waals surface area contributed by atoms with E-state index in [1.165, 1.54) is 6.07 Å². The van der Waals surface area contributed by atoms with E-state index in [1.807, 2.05) is 0 Å². The van der Waals surface area contributed by atoms with Gasteiger partial charge in [0.2, 0.25) is 0 Å². The van der Waals surface area contributed by atoms with Crippen molar-refractivity contribution in [1.29, 1.82) is 0 Å². The van der Waals surface area contributed by atoms with Gasteiger partial charge < -0.3 is 10.8 Å². The maximum atomic E-state index is 10.6. The third-order valence-corrected chi connectivity index (χ3v) is 2.40. The molecule has 1 aromatic carbocycles. The van der Waals surface area contributed by atoms with Gasteiger partial charge in [0.25, 0.3) is 0 Å². The van der Waals surface area contributed by atoms with Gasteiger partial charge in [-0.15, -0.1) is 4.28 Å². The van der Waals surface area contributed by atoms with Gasteiger partial charge in [0.05, 0.1) is 18.8 Å². The Bertz CT molecular complexity index is 488. The van der Waals surface area contributed by atoms with Crippen LogP contribution in [0.3, 0.4) is 0 Å². The lowest BCUT2D eigenvalue weighted by molar-refractivity contribution is 0.210. The molecule has 0 amide bonds. The van der Waals surface area contributed by atoms with Gasteiger partial charge >= 0.3 is 10.4 Å². The minimum Gasteiger partial charge on any atom is -0.399 e. The molecule has 0 fully saturated rings. The largest absolute Gasteiger partial charge is 0.418 e. The van der Waals surface area contributed by atoms with E-state index >= 15 is 0 Å². The molecule has 4 N–H and O–H groups in total. The van der Waals surface area contributed by atoms with Crippen LogP contribution in [0.25, 0.3) is 0 Å². The second-order valence-corrected chi connectivity index (χ2v) is 4.37. The molecule has 0 atom stereocenters. The van der Waals surface area contributed by atoms with Crippen LogP contribution >= 0.6 is 0 Å². The molecule has 0 aliphatic carbocycles. The number of benzene rings is 1. The highest BCUT2D eigenvalue weighted by molar-refractivity contribution is 7.80. The Labute approximate surface area is 99.3 Å². The highest BCUT2D eigenvalue weighted by atomic mass is 32.3. The van der Waals surface area contributed by atoms with E-state index in [1.54, 1.807) is 19.1 Å². The molecule has 0 aliphatic heterocycles. The number of aliphatic hydroxyl groups excluding tert-OH is 1. The maximum Gasteiger partial charge on any atom is 0.418 e. The summed E-state index contributed by atoms with van der Waals surface area (Å²) in [6.45, 7) is 1.30. The summed E-state index contributed by atoms with van der Waals surface area (Å²) in [6.07, 6.45) is 0. The second kappa shape index (κ2) is 5.32. The first-order chi connectivity index (χ1) is 7.83. The first-order valence-electron chi connectivity index (χ1n) is 4.75. The first kappa shape index (κ1) is 13.7. The van der Waals surface area contributed by atoms with Gasteiger partial charge in [-0.3, -0.25) is 4.55 Å². The van der Waals surface area contributed by atoms with Crippen molar-refractivity contribution in [2.45, 2.75) is 6.92 Å². The zero-order chi connectivity index (χ0) is 13.1. The molecule has 0 saturated heterocycles. The number of aliphatic hydroxyl groups is 1. The Morgan fingerprint density at radius 2 is 2.12 bits per heavy atom. The Balaban J connectivity index is 3.01. The molecule has 0 bridgehead atoms. The average molecular weight is 262 g/mol. The van der Waals surface area contributed by atoms with Gasteiger partial charge in [0.15, 0.2) is 0 Å². The van der Waals surface area contributed by atoms with E-state index in [2.05, 4.69) is 4.28 Å². The van der Waals surface area contributed by atoms with Gasteiger partial charge in [0.1, 0.15) is 0 Å². The number of anilines is 2. The number of hydrogen-bond acceptors (Lipinski definition) is 6. The minimum absolute atomic E-state index is 0.108. The van der Waals surface area contributed by atoms with Crippen LogP contribution in [0.15, 0.2) is 18.2 Å². The molecule has 0 heterocycles. The van der Waals surface area contributed by atoms with Crippen LogP contribution in [0.4, 0.5) is 11.4 Å². The summed E-state index contributed by atoms with van der Waals surface area (Å²) in [5.41, 5.74) is 7.25. The molecule has 0 spiro atoms. The van der Waals surface area contributed by atoms with Crippen molar-refractivity contribution in [3.8, 4) is 0 Å². The lowest BCUT2D eigenvalue weighted by atomic mass is 10.2. The van der Waals surface area contributed by atoms with Gasteiger partial charge in [-0.2, -0.15) is 8.42 Å². The van der Waals surface area contributed by atoms with Crippen LogP contribution in [0.2, 0.25) is 0 Å². The fourth-order valence-corrected chi connectivity index (χ4v) is 1.62. The molecule has 7 nitrogen and oxygen atoms in total. The van der Waals surface area contributed by atoms with Crippen molar-refractivity contribution in [2.24, 2.45) is 0 Å². The molecular weight excluding hydrogens is 248 g/mol. The molecular formula is C9H14N2O5S. The lowest BCUT2D eigenvalue weighted by Gasteiger charge is -2.21. The standard InChI is InChI=1S/C9H14N2O5S/c1-7-6-8(2-3-9(7)10)11(4-5-12)16-17(13,14)15/h2-3,6,12H,4-5,10H2,1H3,(H,13,14,15). The minimum atomic E-state index is -4.63. The van der Waals surface area contributed by atoms with Gasteiger partial charge in [-0.25, -0.2) is 5.06 Å². The summed E-state index contributed by atoms with van der Waals surface area (Å²) < 4.78 is 34.2. The molecule has 0 saturated carbocycles. The molecule has 1 aromatic rings. The highest BCUT2D eigenvalue weighted by Crippen LogP contribution is 2.21. The van der Waals surface area contributed by atoms with Crippen molar-refractivity contribution in [2.75, 3.05) is 23.9 Å². The molecule has 0 unspecified atom stereocenters. The maximum absolute atomic E-state index is 10.6. The van der Waals surface area contributed by atoms with Crippen LogP contribution in [0.5, 0.6) is 0 Å². The predicted molar refractivity (Wildman–Crippen MR) is 62.7 cm³/mol. The summed E-state index contributed by atoms with van der Waals surface area (Å²) in [7, 11) is -4.63. The van der Waals surface area contributed by atoms with E-state index in [4.69, 9.17) is 15.4 Å². The van der Waals surface area contributed by atoms with Crippen molar-refractivity contribution in [1.82, 2.24) is 0 Å². The van der Waals surface area contributed by atoms with Crippen molar-refractivity contribution in [3.63, 3.8) is 0 Å². The number of hydroxylamine groups is 1. The lowest BCUT2D eigenvalue weighted by Crippen LogP contribution is -2.29. The summed E-state index contributed by atoms with van der Waals surface area (Å²) in [5.74, 6) is 0. The Morgan fingerprint density at radius 3 is 2.59 bits per heavy atom. The fourth-order valence-electron chi connectivity index (χ4n) is 1.23. The number of nitrogens with two attached hydrogens (primary N) is 1. The van der Waals surface area contributed by atoms with Gasteiger partial charge in [-0.1, -0.05) is 0 Å². The molecule has 1 rings (SSSR count). The van der Waals surface area contributed by atoms with Crippen molar-refractivity contribution < 1.29 is 22.4 Å². The number of aryl methyl sites for hydroxylation is 1. The Kier molecular flexibility index (Phi) is 4.29. The van der Waals surface area contributed by atoms with Crippen LogP contribution in [0, 0.1) is 6.92 Å². The van der Waals surface area contributed by atoms with Crippen LogP contribution in [-0.4, -0.2) is 31.2 Å². The normalized spacial score (nSPS) is 11.5. The molecule has 96 valence electrons. The molecule has 0 aliphatic rings. The quantitative estimate of drug-likeness (QED) is 0.392. The van der Waals surface area contributed by atoms with E-state index in [-0.39, 0.29) is 13.2 Å². The highest BCUT2D eigenvalue weighted by Gasteiger charge is 2.15. The zero-order valence-electron chi connectivity index (χ0n) is 9.20. The summed E-state index contributed by atoms with van der Waals surface area (Å²) in [5, 5.41) is 9.66. The third kappa shape index (κ3) is 4.19. The smallest absolute Gasteiger partial charge is 0.399 e. The molecule has 0 radical (unpaired) electrons. The summed E-state index contributed by atoms with van der Waals surface area (Å²) >= 11 is 0. The van der Waals surface area contributed by atoms with Crippen molar-refractivity contribution >= 4 is 21.8 Å². The van der Waals surface area contributed by atoms with Crippen LogP contribution < -0.4 is 10.8 Å². The Morgan fingerprint density at radius 1 is 1.47 bits per heavy atom. The number of nitrogen functional groups attached to an aromatic ring is 1. The van der Waals surface area contributed by atoms with Gasteiger partial charge in [-0.05, 0) is 30.7 Å². The third-order valence-electron chi connectivity index (χ3n) is 2.03. The second-order valence-electron chi connectivity index (χ2n) is 3.37. The average Bonchev–Trinajstić information content (AvgIpc) is 2.19. The molecule has 8 heteroatoms. The summed E-state index contributed by atoms with van der Waals surface area (Å²) in [4.78, 5) is 0. The SMILES string of the molecule is Cc1cc(N(CCO)OS(=O)(=O)O)ccc1N. The van der Waals surface area contributed by atoms with E-state index < -0.39 is 10.4 Å². The van der Waals surface area contributed by atoms with Crippen LogP contribution in [-0.2, 0) is 14.7 Å². The zero-order valence-corrected chi connectivity index (χ0v) is 10.0. The summed E-state index contributed by atoms with van der Waals surface area (Å²) in [6, 6.07) is 4.67. The molecule has 0 aromatic heterocycles. The van der Waals surface area contributed by atoms with E-state index in [0.29, 0.717) is 11.4 Å². The van der Waals surface area contributed by atoms with Crippen LogP contribution in [0.1, 0.15) is 5.56 Å². The van der Waals surface area contributed by atoms with Crippen molar-refractivity contribution in [3.05, 3.63) is 23.8 Å². The molecule has 17 heavy (non-hydrogen) atoms. The monoisotopic (exact) mass is 262 g/mol. The first-order valence-corrected chi connectivity index (χ1v) is 6.11.